The fourth-order valence-electron chi connectivity index (χ4n) is 0.873. The minimum absolute atomic E-state index is 0.0591. The molecule has 0 aliphatic heterocycles. The third kappa shape index (κ3) is 1.66. The summed E-state index contributed by atoms with van der Waals surface area (Å²) in [5, 5.41) is 4.16. The van der Waals surface area contributed by atoms with Crippen molar-refractivity contribution in [3.8, 4) is 0 Å². The summed E-state index contributed by atoms with van der Waals surface area (Å²) in [5.74, 6) is 5.25. The molecule has 0 radical (unpaired) electrons. The second-order valence-electron chi connectivity index (χ2n) is 2.29. The number of hydrogen-bond acceptors (Lipinski definition) is 3. The van der Waals surface area contributed by atoms with E-state index in [1.165, 1.54) is 0 Å². The lowest BCUT2D eigenvalue weighted by atomic mass is 10.2. The Labute approximate surface area is 65.7 Å². The van der Waals surface area contributed by atoms with Crippen molar-refractivity contribution in [2.75, 3.05) is 0 Å². The highest BCUT2D eigenvalue weighted by molar-refractivity contribution is 5.10. The predicted octanol–water partition coefficient (Wildman–Crippen LogP) is 0.110. The molecule has 4 nitrogen and oxygen atoms in total. The summed E-state index contributed by atoms with van der Waals surface area (Å²) < 4.78 is 1.73. The van der Waals surface area contributed by atoms with Gasteiger partial charge in [0.2, 0.25) is 0 Å². The van der Waals surface area contributed by atoms with E-state index < -0.39 is 0 Å². The molecule has 3 N–H and O–H groups in total. The molecule has 0 saturated carbocycles. The second kappa shape index (κ2) is 3.32. The van der Waals surface area contributed by atoms with Gasteiger partial charge in [0, 0.05) is 13.2 Å². The van der Waals surface area contributed by atoms with Crippen LogP contribution in [0.5, 0.6) is 0 Å². The van der Waals surface area contributed by atoms with Crippen molar-refractivity contribution in [1.29, 1.82) is 0 Å². The van der Waals surface area contributed by atoms with Crippen LogP contribution in [0.3, 0.4) is 0 Å². The number of rotatable bonds is 3. The first-order valence-corrected chi connectivity index (χ1v) is 3.36. The van der Waals surface area contributed by atoms with Crippen LogP contribution in [0.2, 0.25) is 0 Å². The highest BCUT2D eigenvalue weighted by Crippen LogP contribution is 2.08. The first-order valence-electron chi connectivity index (χ1n) is 3.36. The molecule has 1 aromatic heterocycles. The van der Waals surface area contributed by atoms with Crippen LogP contribution in [0, 0.1) is 0 Å². The van der Waals surface area contributed by atoms with Crippen molar-refractivity contribution < 1.29 is 0 Å². The summed E-state index contributed by atoms with van der Waals surface area (Å²) in [6.07, 6.45) is 3.57. The van der Waals surface area contributed by atoms with Gasteiger partial charge in [-0.2, -0.15) is 5.10 Å². The molecule has 0 amide bonds. The van der Waals surface area contributed by atoms with Crippen LogP contribution in [-0.4, -0.2) is 9.78 Å². The SMILES string of the molecule is C=CC(NN)c1ccn(C)n1. The van der Waals surface area contributed by atoms with Gasteiger partial charge in [0.1, 0.15) is 0 Å². The summed E-state index contributed by atoms with van der Waals surface area (Å²) in [5.41, 5.74) is 3.47. The Morgan fingerprint density at radius 3 is 3.00 bits per heavy atom. The monoisotopic (exact) mass is 152 g/mol. The average molecular weight is 152 g/mol. The number of nitrogens with zero attached hydrogens (tertiary/aromatic N) is 2. The predicted molar refractivity (Wildman–Crippen MR) is 43.5 cm³/mol. The lowest BCUT2D eigenvalue weighted by Gasteiger charge is -2.05. The molecule has 1 rings (SSSR count). The Morgan fingerprint density at radius 2 is 2.64 bits per heavy atom. The van der Waals surface area contributed by atoms with Crippen molar-refractivity contribution in [3.05, 3.63) is 30.6 Å². The van der Waals surface area contributed by atoms with Crippen LogP contribution in [0.15, 0.2) is 24.9 Å². The van der Waals surface area contributed by atoms with Crippen LogP contribution >= 0.6 is 0 Å². The summed E-state index contributed by atoms with van der Waals surface area (Å²) in [6, 6.07) is 1.84. The molecule has 0 aromatic carbocycles. The van der Waals surface area contributed by atoms with E-state index >= 15 is 0 Å². The third-order valence-corrected chi connectivity index (χ3v) is 1.47. The molecular formula is C7H12N4. The van der Waals surface area contributed by atoms with Crippen molar-refractivity contribution in [3.63, 3.8) is 0 Å². The Kier molecular flexibility index (Phi) is 2.40. The van der Waals surface area contributed by atoms with Crippen LogP contribution < -0.4 is 11.3 Å². The van der Waals surface area contributed by atoms with Gasteiger partial charge in [-0.05, 0) is 6.07 Å². The fraction of sp³-hybridized carbons (Fsp3) is 0.286. The number of nitrogens with two attached hydrogens (primary N) is 1. The van der Waals surface area contributed by atoms with E-state index in [1.807, 2.05) is 19.3 Å². The van der Waals surface area contributed by atoms with E-state index in [2.05, 4.69) is 17.1 Å². The van der Waals surface area contributed by atoms with E-state index in [0.29, 0.717) is 0 Å². The zero-order valence-corrected chi connectivity index (χ0v) is 6.49. The first kappa shape index (κ1) is 7.97. The molecule has 0 bridgehead atoms. The van der Waals surface area contributed by atoms with Crippen LogP contribution in [0.4, 0.5) is 0 Å². The molecule has 1 unspecified atom stereocenters. The van der Waals surface area contributed by atoms with Gasteiger partial charge in [-0.15, -0.1) is 6.58 Å². The van der Waals surface area contributed by atoms with E-state index in [9.17, 15) is 0 Å². The van der Waals surface area contributed by atoms with E-state index in [4.69, 9.17) is 5.84 Å². The number of aromatic nitrogens is 2. The minimum atomic E-state index is -0.0591. The Balaban J connectivity index is 2.81. The number of nitrogens with one attached hydrogen (secondary N) is 1. The Bertz CT molecular complexity index is 240. The zero-order valence-electron chi connectivity index (χ0n) is 6.49. The topological polar surface area (TPSA) is 55.9 Å². The highest BCUT2D eigenvalue weighted by atomic mass is 15.3. The number of hydrogen-bond donors (Lipinski definition) is 2. The summed E-state index contributed by atoms with van der Waals surface area (Å²) in [7, 11) is 1.86. The Morgan fingerprint density at radius 1 is 1.91 bits per heavy atom. The van der Waals surface area contributed by atoms with Gasteiger partial charge in [-0.1, -0.05) is 6.08 Å². The Hall–Kier alpha value is -1.13. The molecule has 11 heavy (non-hydrogen) atoms. The molecule has 0 fully saturated rings. The van der Waals surface area contributed by atoms with Gasteiger partial charge < -0.3 is 0 Å². The molecule has 4 heteroatoms. The van der Waals surface area contributed by atoms with E-state index in [1.54, 1.807) is 10.8 Å². The summed E-state index contributed by atoms with van der Waals surface area (Å²) in [4.78, 5) is 0. The maximum atomic E-state index is 5.25. The third-order valence-electron chi connectivity index (χ3n) is 1.47. The second-order valence-corrected chi connectivity index (χ2v) is 2.29. The molecule has 1 aromatic rings. The number of aryl methyl sites for hydroxylation is 1. The molecule has 0 aliphatic rings. The van der Waals surface area contributed by atoms with Crippen molar-refractivity contribution in [2.45, 2.75) is 6.04 Å². The summed E-state index contributed by atoms with van der Waals surface area (Å²) >= 11 is 0. The maximum Gasteiger partial charge on any atom is 0.0846 e. The van der Waals surface area contributed by atoms with Gasteiger partial charge in [0.05, 0.1) is 11.7 Å². The smallest absolute Gasteiger partial charge is 0.0846 e. The largest absolute Gasteiger partial charge is 0.275 e. The van der Waals surface area contributed by atoms with Crippen molar-refractivity contribution >= 4 is 0 Å². The van der Waals surface area contributed by atoms with Gasteiger partial charge in [0.25, 0.3) is 0 Å². The maximum absolute atomic E-state index is 5.25. The van der Waals surface area contributed by atoms with Crippen LogP contribution in [-0.2, 0) is 7.05 Å². The van der Waals surface area contributed by atoms with Gasteiger partial charge in [-0.25, -0.2) is 5.43 Å². The van der Waals surface area contributed by atoms with Crippen molar-refractivity contribution in [2.24, 2.45) is 12.9 Å². The van der Waals surface area contributed by atoms with Crippen LogP contribution in [0.1, 0.15) is 11.7 Å². The molecule has 0 saturated heterocycles. The molecule has 60 valence electrons. The van der Waals surface area contributed by atoms with Gasteiger partial charge >= 0.3 is 0 Å². The minimum Gasteiger partial charge on any atom is -0.275 e. The fourth-order valence-corrected chi connectivity index (χ4v) is 0.873. The summed E-state index contributed by atoms with van der Waals surface area (Å²) in [6.45, 7) is 3.63. The molecule has 1 atom stereocenters. The van der Waals surface area contributed by atoms with Gasteiger partial charge in [-0.3, -0.25) is 10.5 Å². The lowest BCUT2D eigenvalue weighted by molar-refractivity contribution is 0.620. The lowest BCUT2D eigenvalue weighted by Crippen LogP contribution is -2.26. The highest BCUT2D eigenvalue weighted by Gasteiger charge is 2.06. The van der Waals surface area contributed by atoms with Gasteiger partial charge in [0.15, 0.2) is 0 Å². The normalized spacial score (nSPS) is 12.9. The van der Waals surface area contributed by atoms with Crippen molar-refractivity contribution in [1.82, 2.24) is 15.2 Å². The molecule has 1 heterocycles. The van der Waals surface area contributed by atoms with E-state index in [0.717, 1.165) is 5.69 Å². The molecule has 0 aliphatic carbocycles. The average Bonchev–Trinajstić information content (AvgIpc) is 2.39. The van der Waals surface area contributed by atoms with E-state index in [-0.39, 0.29) is 6.04 Å². The molecular weight excluding hydrogens is 140 g/mol. The number of hydrazine groups is 1. The van der Waals surface area contributed by atoms with Crippen LogP contribution in [0.25, 0.3) is 0 Å². The standard InChI is InChI=1S/C7H12N4/c1-3-6(9-8)7-4-5-11(2)10-7/h3-6,9H,1,8H2,2H3. The zero-order chi connectivity index (χ0) is 8.27. The first-order chi connectivity index (χ1) is 5.27. The quantitative estimate of drug-likeness (QED) is 0.367. The molecule has 0 spiro atoms.